The third-order valence-electron chi connectivity index (χ3n) is 3.73. The van der Waals surface area contributed by atoms with Gasteiger partial charge in [0.2, 0.25) is 16.8 Å². The van der Waals surface area contributed by atoms with Crippen LogP contribution >= 0.6 is 11.3 Å². The lowest BCUT2D eigenvalue weighted by molar-refractivity contribution is -0.118. The van der Waals surface area contributed by atoms with E-state index in [0.29, 0.717) is 33.8 Å². The van der Waals surface area contributed by atoms with Crippen LogP contribution in [-0.2, 0) is 4.79 Å². The van der Waals surface area contributed by atoms with Gasteiger partial charge in [0.05, 0.1) is 21.3 Å². The van der Waals surface area contributed by atoms with Crippen LogP contribution in [0.15, 0.2) is 12.1 Å². The predicted molar refractivity (Wildman–Crippen MR) is 97.9 cm³/mol. The molecule has 0 atom stereocenters. The third-order valence-corrected chi connectivity index (χ3v) is 4.78. The van der Waals surface area contributed by atoms with Crippen LogP contribution in [0.1, 0.15) is 26.2 Å². The molecule has 25 heavy (non-hydrogen) atoms. The van der Waals surface area contributed by atoms with Crippen molar-refractivity contribution < 1.29 is 19.0 Å². The summed E-state index contributed by atoms with van der Waals surface area (Å²) in [5, 5.41) is 9.57. The van der Waals surface area contributed by atoms with Gasteiger partial charge in [-0.25, -0.2) is 0 Å². The molecular formula is C17H23N3O4S. The summed E-state index contributed by atoms with van der Waals surface area (Å²) < 4.78 is 16.1. The second kappa shape index (κ2) is 8.66. The van der Waals surface area contributed by atoms with Crippen molar-refractivity contribution in [1.29, 1.82) is 0 Å². The Morgan fingerprint density at radius 3 is 2.28 bits per heavy atom. The highest BCUT2D eigenvalue weighted by atomic mass is 32.1. The Kier molecular flexibility index (Phi) is 6.58. The maximum Gasteiger partial charge on any atom is 0.228 e. The van der Waals surface area contributed by atoms with Crippen LogP contribution in [0.3, 0.4) is 0 Å². The highest BCUT2D eigenvalue weighted by Gasteiger charge is 2.19. The molecule has 0 saturated carbocycles. The summed E-state index contributed by atoms with van der Waals surface area (Å²) in [4.78, 5) is 13.7. The van der Waals surface area contributed by atoms with E-state index in [1.807, 2.05) is 12.1 Å². The number of rotatable bonds is 8. The monoisotopic (exact) mass is 365 g/mol. The number of benzene rings is 1. The molecule has 1 amide bonds. The zero-order valence-electron chi connectivity index (χ0n) is 15.2. The van der Waals surface area contributed by atoms with Crippen LogP contribution < -0.4 is 19.1 Å². The lowest BCUT2D eigenvalue weighted by Gasteiger charge is -2.13. The van der Waals surface area contributed by atoms with Crippen LogP contribution in [0.4, 0.5) is 5.13 Å². The molecule has 0 aliphatic rings. The quantitative estimate of drug-likeness (QED) is 0.714. The number of unbranched alkanes of at least 4 members (excludes halogenated alkanes) is 1. The van der Waals surface area contributed by atoms with Crippen molar-refractivity contribution in [2.75, 3.05) is 33.3 Å². The fraction of sp³-hybridized carbons (Fsp3) is 0.471. The van der Waals surface area contributed by atoms with E-state index in [1.54, 1.807) is 33.3 Å². The summed E-state index contributed by atoms with van der Waals surface area (Å²) in [6.07, 6.45) is 2.35. The number of methoxy groups -OCH3 is 3. The first-order valence-electron chi connectivity index (χ1n) is 7.96. The van der Waals surface area contributed by atoms with Crippen molar-refractivity contribution >= 4 is 22.4 Å². The Labute approximate surface area is 151 Å². The Balaban J connectivity index is 2.31. The summed E-state index contributed by atoms with van der Waals surface area (Å²) in [5.74, 6) is 1.64. The van der Waals surface area contributed by atoms with E-state index in [9.17, 15) is 4.79 Å². The first-order valence-corrected chi connectivity index (χ1v) is 8.77. The minimum Gasteiger partial charge on any atom is -0.493 e. The van der Waals surface area contributed by atoms with Crippen molar-refractivity contribution in [1.82, 2.24) is 10.2 Å². The van der Waals surface area contributed by atoms with Crippen molar-refractivity contribution in [3.8, 4) is 27.8 Å². The van der Waals surface area contributed by atoms with E-state index in [1.165, 1.54) is 11.3 Å². The van der Waals surface area contributed by atoms with Crippen LogP contribution in [0, 0.1) is 0 Å². The third kappa shape index (κ3) is 4.19. The second-order valence-corrected chi connectivity index (χ2v) is 6.32. The minimum absolute atomic E-state index is 0.0365. The number of anilines is 1. The molecule has 8 heteroatoms. The molecule has 1 aromatic carbocycles. The molecule has 0 spiro atoms. The van der Waals surface area contributed by atoms with Crippen LogP contribution in [0.25, 0.3) is 10.6 Å². The van der Waals surface area contributed by atoms with E-state index < -0.39 is 0 Å². The fourth-order valence-corrected chi connectivity index (χ4v) is 3.09. The maximum atomic E-state index is 12.1. The van der Waals surface area contributed by atoms with Gasteiger partial charge >= 0.3 is 0 Å². The number of aromatic nitrogens is 2. The van der Waals surface area contributed by atoms with Gasteiger partial charge in [-0.3, -0.25) is 9.69 Å². The first-order chi connectivity index (χ1) is 12.0. The molecule has 0 N–H and O–H groups in total. The zero-order valence-corrected chi connectivity index (χ0v) is 16.0. The van der Waals surface area contributed by atoms with Gasteiger partial charge in [0.15, 0.2) is 11.5 Å². The molecule has 1 heterocycles. The van der Waals surface area contributed by atoms with Crippen molar-refractivity contribution in [2.24, 2.45) is 0 Å². The molecule has 0 fully saturated rings. The Hall–Kier alpha value is -2.35. The Morgan fingerprint density at radius 2 is 1.76 bits per heavy atom. The number of amides is 1. The largest absolute Gasteiger partial charge is 0.493 e. The average molecular weight is 365 g/mol. The number of hydrogen-bond donors (Lipinski definition) is 0. The van der Waals surface area contributed by atoms with Gasteiger partial charge in [-0.15, -0.1) is 10.2 Å². The van der Waals surface area contributed by atoms with Gasteiger partial charge in [0.25, 0.3) is 0 Å². The van der Waals surface area contributed by atoms with Gasteiger partial charge < -0.3 is 14.2 Å². The van der Waals surface area contributed by atoms with Crippen LogP contribution in [0.2, 0.25) is 0 Å². The Morgan fingerprint density at radius 1 is 1.12 bits per heavy atom. The van der Waals surface area contributed by atoms with E-state index in [-0.39, 0.29) is 5.91 Å². The second-order valence-electron chi connectivity index (χ2n) is 5.36. The molecule has 0 aliphatic carbocycles. The van der Waals surface area contributed by atoms with Crippen molar-refractivity contribution in [2.45, 2.75) is 26.2 Å². The fourth-order valence-electron chi connectivity index (χ4n) is 2.27. The number of carbonyl (C=O) groups is 1. The van der Waals surface area contributed by atoms with E-state index in [4.69, 9.17) is 14.2 Å². The number of hydrogen-bond acceptors (Lipinski definition) is 7. The summed E-state index contributed by atoms with van der Waals surface area (Å²) in [7, 11) is 6.40. The van der Waals surface area contributed by atoms with Crippen LogP contribution in [0.5, 0.6) is 17.2 Å². The minimum atomic E-state index is 0.0365. The van der Waals surface area contributed by atoms with E-state index in [2.05, 4.69) is 17.1 Å². The summed E-state index contributed by atoms with van der Waals surface area (Å²) >= 11 is 1.34. The van der Waals surface area contributed by atoms with E-state index in [0.717, 1.165) is 18.4 Å². The molecule has 2 rings (SSSR count). The molecular weight excluding hydrogens is 342 g/mol. The Bertz CT molecular complexity index is 707. The van der Waals surface area contributed by atoms with Crippen molar-refractivity contribution in [3.05, 3.63) is 12.1 Å². The standard InChI is InChI=1S/C17H23N3O4S/c1-6-7-8-14(21)20(2)17-19-18-16(25-17)11-9-12(22-3)15(24-5)13(10-11)23-4/h9-10H,6-8H2,1-5H3. The number of ether oxygens (including phenoxy) is 3. The highest BCUT2D eigenvalue weighted by Crippen LogP contribution is 2.42. The van der Waals surface area contributed by atoms with Gasteiger partial charge in [-0.2, -0.15) is 0 Å². The van der Waals surface area contributed by atoms with Gasteiger partial charge in [-0.1, -0.05) is 24.7 Å². The summed E-state index contributed by atoms with van der Waals surface area (Å²) in [6, 6.07) is 3.62. The lowest BCUT2D eigenvalue weighted by Crippen LogP contribution is -2.25. The topological polar surface area (TPSA) is 73.8 Å². The SMILES string of the molecule is CCCCC(=O)N(C)c1nnc(-c2cc(OC)c(OC)c(OC)c2)s1. The summed E-state index contributed by atoms with van der Waals surface area (Å²) in [5.41, 5.74) is 0.785. The first kappa shape index (κ1) is 19.0. The van der Waals surface area contributed by atoms with Gasteiger partial charge in [0, 0.05) is 19.0 Å². The smallest absolute Gasteiger partial charge is 0.228 e. The molecule has 0 radical (unpaired) electrons. The molecule has 0 saturated heterocycles. The molecule has 0 unspecified atom stereocenters. The van der Waals surface area contributed by atoms with E-state index >= 15 is 0 Å². The van der Waals surface area contributed by atoms with Crippen molar-refractivity contribution in [3.63, 3.8) is 0 Å². The maximum absolute atomic E-state index is 12.1. The van der Waals surface area contributed by atoms with Gasteiger partial charge in [-0.05, 0) is 18.6 Å². The molecule has 2 aromatic rings. The predicted octanol–water partition coefficient (Wildman–Crippen LogP) is 3.38. The molecule has 7 nitrogen and oxygen atoms in total. The molecule has 136 valence electrons. The number of nitrogens with zero attached hydrogens (tertiary/aromatic N) is 3. The normalized spacial score (nSPS) is 10.4. The molecule has 1 aromatic heterocycles. The van der Waals surface area contributed by atoms with Gasteiger partial charge in [0.1, 0.15) is 5.01 Å². The highest BCUT2D eigenvalue weighted by molar-refractivity contribution is 7.18. The number of carbonyl (C=O) groups excluding carboxylic acids is 1. The molecule has 0 aliphatic heterocycles. The zero-order chi connectivity index (χ0) is 18.4. The molecule has 0 bridgehead atoms. The summed E-state index contributed by atoms with van der Waals surface area (Å²) in [6.45, 7) is 2.06. The lowest BCUT2D eigenvalue weighted by atomic mass is 10.2. The van der Waals surface area contributed by atoms with Crippen LogP contribution in [-0.4, -0.2) is 44.5 Å². The average Bonchev–Trinajstić information content (AvgIpc) is 3.14.